The highest BCUT2D eigenvalue weighted by Crippen LogP contribution is 2.24. The third kappa shape index (κ3) is 5.53. The first-order valence-corrected chi connectivity index (χ1v) is 6.46. The van der Waals surface area contributed by atoms with Gasteiger partial charge in [0.05, 0.1) is 5.60 Å². The van der Waals surface area contributed by atoms with Gasteiger partial charge in [-0.15, -0.1) is 0 Å². The second kappa shape index (κ2) is 5.86. The minimum Gasteiger partial charge on any atom is -0.389 e. The summed E-state index contributed by atoms with van der Waals surface area (Å²) in [7, 11) is 0. The van der Waals surface area contributed by atoms with E-state index in [0.29, 0.717) is 0 Å². The minimum absolute atomic E-state index is 0.551. The summed E-state index contributed by atoms with van der Waals surface area (Å²) < 4.78 is 0. The van der Waals surface area contributed by atoms with E-state index in [1.165, 1.54) is 38.6 Å². The molecule has 0 bridgehead atoms. The Bertz CT molecular complexity index is 168. The molecule has 0 amide bonds. The molecule has 0 aromatic heterocycles. The van der Waals surface area contributed by atoms with E-state index in [9.17, 15) is 5.11 Å². The number of hydrogen-bond acceptors (Lipinski definition) is 2. The van der Waals surface area contributed by atoms with E-state index in [4.69, 9.17) is 0 Å². The summed E-state index contributed by atoms with van der Waals surface area (Å²) in [5.74, 6) is 0.876. The first kappa shape index (κ1) is 13.0. The van der Waals surface area contributed by atoms with Gasteiger partial charge in [-0.25, -0.2) is 0 Å². The van der Waals surface area contributed by atoms with Crippen molar-refractivity contribution in [1.29, 1.82) is 0 Å². The van der Waals surface area contributed by atoms with Crippen molar-refractivity contribution in [3.8, 4) is 0 Å². The lowest BCUT2D eigenvalue weighted by molar-refractivity contribution is 0.0308. The fourth-order valence-corrected chi connectivity index (χ4v) is 2.59. The number of nitrogens with zero attached hydrogens (tertiary/aromatic N) is 1. The van der Waals surface area contributed by atoms with Crippen LogP contribution >= 0.6 is 0 Å². The molecule has 1 N–H and O–H groups in total. The summed E-state index contributed by atoms with van der Waals surface area (Å²) in [6.07, 6.45) is 7.02. The lowest BCUT2D eigenvalue weighted by atomic mass is 9.88. The van der Waals surface area contributed by atoms with Gasteiger partial charge in [-0.3, -0.25) is 0 Å². The lowest BCUT2D eigenvalue weighted by Crippen LogP contribution is -2.41. The van der Waals surface area contributed by atoms with Crippen LogP contribution in [0.1, 0.15) is 52.9 Å². The maximum absolute atomic E-state index is 9.81. The Balaban J connectivity index is 2.31. The molecule has 0 spiro atoms. The number of aliphatic hydroxyl groups is 1. The highest BCUT2D eigenvalue weighted by molar-refractivity contribution is 4.75. The van der Waals surface area contributed by atoms with E-state index in [1.54, 1.807) is 0 Å². The first-order valence-electron chi connectivity index (χ1n) is 6.46. The zero-order valence-electron chi connectivity index (χ0n) is 10.6. The Kier molecular flexibility index (Phi) is 5.07. The molecule has 1 fully saturated rings. The molecule has 0 atom stereocenters. The van der Waals surface area contributed by atoms with Gasteiger partial charge in [0.2, 0.25) is 0 Å². The lowest BCUT2D eigenvalue weighted by Gasteiger charge is -2.32. The largest absolute Gasteiger partial charge is 0.389 e. The van der Waals surface area contributed by atoms with Gasteiger partial charge in [-0.2, -0.15) is 0 Å². The van der Waals surface area contributed by atoms with E-state index in [2.05, 4.69) is 11.8 Å². The average Bonchev–Trinajstić information content (AvgIpc) is 2.16. The van der Waals surface area contributed by atoms with Gasteiger partial charge in [-0.1, -0.05) is 26.2 Å². The molecule has 2 nitrogen and oxygen atoms in total. The summed E-state index contributed by atoms with van der Waals surface area (Å²) in [6.45, 7) is 9.03. The van der Waals surface area contributed by atoms with Crippen molar-refractivity contribution in [2.24, 2.45) is 5.92 Å². The van der Waals surface area contributed by atoms with Crippen LogP contribution in [0.25, 0.3) is 0 Å². The van der Waals surface area contributed by atoms with Crippen molar-refractivity contribution in [3.63, 3.8) is 0 Å². The first-order chi connectivity index (χ1) is 7.01. The van der Waals surface area contributed by atoms with Crippen LogP contribution < -0.4 is 0 Å². The van der Waals surface area contributed by atoms with Gasteiger partial charge in [0, 0.05) is 13.1 Å². The molecule has 0 heterocycles. The van der Waals surface area contributed by atoms with Crippen molar-refractivity contribution < 1.29 is 5.11 Å². The Hall–Kier alpha value is -0.0800. The van der Waals surface area contributed by atoms with Crippen molar-refractivity contribution >= 4 is 0 Å². The second-order valence-electron chi connectivity index (χ2n) is 5.64. The van der Waals surface area contributed by atoms with Gasteiger partial charge in [0.1, 0.15) is 0 Å². The molecule has 0 saturated heterocycles. The van der Waals surface area contributed by atoms with Gasteiger partial charge in [-0.05, 0) is 39.2 Å². The molecule has 0 aromatic carbocycles. The van der Waals surface area contributed by atoms with Crippen LogP contribution in [0.3, 0.4) is 0 Å². The monoisotopic (exact) mass is 213 g/mol. The molecule has 2 heteroatoms. The van der Waals surface area contributed by atoms with Crippen LogP contribution in [0, 0.1) is 5.92 Å². The van der Waals surface area contributed by atoms with Crippen molar-refractivity contribution in [1.82, 2.24) is 4.90 Å². The Morgan fingerprint density at radius 1 is 1.20 bits per heavy atom. The van der Waals surface area contributed by atoms with E-state index >= 15 is 0 Å². The van der Waals surface area contributed by atoms with Crippen LogP contribution in [0.15, 0.2) is 0 Å². The topological polar surface area (TPSA) is 23.5 Å². The van der Waals surface area contributed by atoms with Gasteiger partial charge in [0.15, 0.2) is 0 Å². The van der Waals surface area contributed by atoms with E-state index in [0.717, 1.165) is 19.0 Å². The van der Waals surface area contributed by atoms with Crippen LogP contribution in [0.5, 0.6) is 0 Å². The zero-order valence-corrected chi connectivity index (χ0v) is 10.6. The van der Waals surface area contributed by atoms with Gasteiger partial charge >= 0.3 is 0 Å². The molecule has 0 unspecified atom stereocenters. The summed E-state index contributed by atoms with van der Waals surface area (Å²) in [6, 6.07) is 0. The Morgan fingerprint density at radius 2 is 1.80 bits per heavy atom. The van der Waals surface area contributed by atoms with E-state index in [1.807, 2.05) is 13.8 Å². The summed E-state index contributed by atoms with van der Waals surface area (Å²) in [5.41, 5.74) is -0.551. The van der Waals surface area contributed by atoms with Crippen LogP contribution in [-0.4, -0.2) is 35.2 Å². The summed E-state index contributed by atoms with van der Waals surface area (Å²) in [5, 5.41) is 9.81. The van der Waals surface area contributed by atoms with Crippen molar-refractivity contribution in [2.45, 2.75) is 58.5 Å². The SMILES string of the molecule is CCN(CC1CCCCC1)CC(C)(C)O. The minimum atomic E-state index is -0.551. The highest BCUT2D eigenvalue weighted by atomic mass is 16.3. The van der Waals surface area contributed by atoms with E-state index < -0.39 is 5.60 Å². The fraction of sp³-hybridized carbons (Fsp3) is 1.00. The maximum Gasteiger partial charge on any atom is 0.0718 e. The number of likely N-dealkylation sites (N-methyl/N-ethyl adjacent to an activating group) is 1. The van der Waals surface area contributed by atoms with Crippen LogP contribution in [-0.2, 0) is 0 Å². The molecule has 1 rings (SSSR count). The highest BCUT2D eigenvalue weighted by Gasteiger charge is 2.21. The molecule has 1 aliphatic carbocycles. The molecule has 0 aromatic rings. The Labute approximate surface area is 94.7 Å². The van der Waals surface area contributed by atoms with Crippen molar-refractivity contribution in [3.05, 3.63) is 0 Å². The van der Waals surface area contributed by atoms with Crippen molar-refractivity contribution in [2.75, 3.05) is 19.6 Å². The quantitative estimate of drug-likeness (QED) is 0.759. The maximum atomic E-state index is 9.81. The molecule has 15 heavy (non-hydrogen) atoms. The molecule has 90 valence electrons. The molecule has 1 aliphatic rings. The van der Waals surface area contributed by atoms with E-state index in [-0.39, 0.29) is 0 Å². The fourth-order valence-electron chi connectivity index (χ4n) is 2.59. The zero-order chi connectivity index (χ0) is 11.3. The normalized spacial score (nSPS) is 19.8. The second-order valence-corrected chi connectivity index (χ2v) is 5.64. The summed E-state index contributed by atoms with van der Waals surface area (Å²) in [4.78, 5) is 2.40. The predicted molar refractivity (Wildman–Crippen MR) is 65.0 cm³/mol. The van der Waals surface area contributed by atoms with Crippen LogP contribution in [0.2, 0.25) is 0 Å². The third-order valence-corrected chi connectivity index (χ3v) is 3.30. The Morgan fingerprint density at radius 3 is 2.27 bits per heavy atom. The molecule has 0 radical (unpaired) electrons. The van der Waals surface area contributed by atoms with Gasteiger partial charge in [0.25, 0.3) is 0 Å². The third-order valence-electron chi connectivity index (χ3n) is 3.30. The molecule has 0 aliphatic heterocycles. The number of hydrogen-bond donors (Lipinski definition) is 1. The average molecular weight is 213 g/mol. The standard InChI is InChI=1S/C13H27NO/c1-4-14(11-13(2,3)15)10-12-8-6-5-7-9-12/h12,15H,4-11H2,1-3H3. The molecule has 1 saturated carbocycles. The smallest absolute Gasteiger partial charge is 0.0718 e. The number of rotatable bonds is 5. The predicted octanol–water partition coefficient (Wildman–Crippen LogP) is 2.66. The molecular formula is C13H27NO. The molecular weight excluding hydrogens is 186 g/mol. The van der Waals surface area contributed by atoms with Crippen LogP contribution in [0.4, 0.5) is 0 Å². The van der Waals surface area contributed by atoms with Gasteiger partial charge < -0.3 is 10.0 Å². The summed E-state index contributed by atoms with van der Waals surface area (Å²) >= 11 is 0.